The van der Waals surface area contributed by atoms with E-state index in [1.165, 1.54) is 34.8 Å². The lowest BCUT2D eigenvalue weighted by Gasteiger charge is -2.25. The average molecular weight is 891 g/mol. The second kappa shape index (κ2) is 17.1. The number of aryl methyl sites for hydroxylation is 1. The Kier molecular flexibility index (Phi) is 13.0. The molecule has 0 aromatic heterocycles. The number of rotatable bonds is 11. The maximum Gasteiger partial charge on any atom is 0.229 e. The van der Waals surface area contributed by atoms with E-state index in [4.69, 9.17) is 23.2 Å². The number of nitrogens with one attached hydrogen (secondary N) is 3. The minimum Gasteiger partial charge on any atom is -0.316 e. The highest BCUT2D eigenvalue weighted by atomic mass is 79.9. The monoisotopic (exact) mass is 888 g/mol. The van der Waals surface area contributed by atoms with Crippen LogP contribution in [0.5, 0.6) is 0 Å². The molecule has 4 aromatic carbocycles. The molecule has 4 aromatic rings. The predicted octanol–water partition coefficient (Wildman–Crippen LogP) is 8.22. The summed E-state index contributed by atoms with van der Waals surface area (Å²) < 4.78 is 50.6. The van der Waals surface area contributed by atoms with Crippen LogP contribution in [0.2, 0.25) is 10.0 Å². The van der Waals surface area contributed by atoms with Crippen LogP contribution in [0.1, 0.15) is 36.1 Å². The summed E-state index contributed by atoms with van der Waals surface area (Å²) in [4.78, 5) is 2.53. The van der Waals surface area contributed by atoms with Crippen LogP contribution in [0, 0.1) is 23.7 Å². The van der Waals surface area contributed by atoms with Crippen molar-refractivity contribution in [2.75, 3.05) is 60.0 Å². The highest BCUT2D eigenvalue weighted by molar-refractivity contribution is 9.09. The summed E-state index contributed by atoms with van der Waals surface area (Å²) in [6.07, 6.45) is 4.34. The lowest BCUT2D eigenvalue weighted by atomic mass is 9.92. The van der Waals surface area contributed by atoms with Gasteiger partial charge in [-0.1, -0.05) is 114 Å². The number of hydrogen-bond donors (Lipinski definition) is 3. The highest BCUT2D eigenvalue weighted by Crippen LogP contribution is 2.63. The van der Waals surface area contributed by atoms with E-state index in [2.05, 4.69) is 67.6 Å². The van der Waals surface area contributed by atoms with Gasteiger partial charge in [-0.3, -0.25) is 9.44 Å². The molecule has 4 fully saturated rings. The van der Waals surface area contributed by atoms with Crippen molar-refractivity contribution in [2.45, 2.75) is 37.5 Å². The second-order valence-electron chi connectivity index (χ2n) is 15.7. The normalized spacial score (nSPS) is 26.4. The fraction of sp³-hybridized carbons (Fsp3) is 0.429. The molecule has 0 spiro atoms. The summed E-state index contributed by atoms with van der Waals surface area (Å²) >= 11 is 15.5. The van der Waals surface area contributed by atoms with Crippen LogP contribution in [-0.2, 0) is 43.7 Å². The fourth-order valence-electron chi connectivity index (χ4n) is 8.85. The smallest absolute Gasteiger partial charge is 0.229 e. The Balaban J connectivity index is 0.000000157. The molecular weight excluding hydrogens is 839 g/mol. The molecule has 4 aliphatic rings. The number of hydrogen-bond acceptors (Lipinski definition) is 6. The minimum atomic E-state index is -3.25. The lowest BCUT2D eigenvalue weighted by molar-refractivity contribution is 0.281. The summed E-state index contributed by atoms with van der Waals surface area (Å²) in [5.74, 6) is 2.67. The summed E-state index contributed by atoms with van der Waals surface area (Å²) in [5.41, 5.74) is 6.58. The number of sulfonamides is 2. The summed E-state index contributed by atoms with van der Waals surface area (Å²) in [7, 11) is -6.45. The van der Waals surface area contributed by atoms with Crippen molar-refractivity contribution >= 4 is 70.6 Å². The van der Waals surface area contributed by atoms with Crippen LogP contribution in [0.4, 0.5) is 11.4 Å². The molecule has 4 unspecified atom stereocenters. The number of fused-ring (bicyclic) bond motifs is 2. The van der Waals surface area contributed by atoms with Gasteiger partial charge in [0.25, 0.3) is 0 Å². The number of piperidine rings is 2. The first kappa shape index (κ1) is 42.0. The number of likely N-dealkylation sites (tertiary alicyclic amines) is 1. The van der Waals surface area contributed by atoms with Crippen LogP contribution in [0.15, 0.2) is 97.1 Å². The zero-order chi connectivity index (χ0) is 39.6. The van der Waals surface area contributed by atoms with Gasteiger partial charge in [0.1, 0.15) is 0 Å². The third kappa shape index (κ3) is 10.1. The predicted molar refractivity (Wildman–Crippen MR) is 232 cm³/mol. The second-order valence-corrected chi connectivity index (χ2v) is 20.8. The van der Waals surface area contributed by atoms with E-state index in [9.17, 15) is 16.8 Å². The van der Waals surface area contributed by atoms with E-state index in [1.807, 2.05) is 72.8 Å². The van der Waals surface area contributed by atoms with Crippen LogP contribution in [0.3, 0.4) is 0 Å². The highest BCUT2D eigenvalue weighted by Gasteiger charge is 2.65. The Bertz CT molecular complexity index is 2180. The van der Waals surface area contributed by atoms with E-state index >= 15 is 0 Å². The van der Waals surface area contributed by atoms with Crippen LogP contribution >= 0.6 is 39.1 Å². The molecule has 3 N–H and O–H groups in total. The summed E-state index contributed by atoms with van der Waals surface area (Å²) in [6, 6.07) is 31.6. The van der Waals surface area contributed by atoms with Crippen molar-refractivity contribution in [3.8, 4) is 0 Å². The molecule has 2 aliphatic heterocycles. The van der Waals surface area contributed by atoms with Gasteiger partial charge in [0.2, 0.25) is 20.0 Å². The molecule has 8 rings (SSSR count). The van der Waals surface area contributed by atoms with Crippen molar-refractivity contribution < 1.29 is 16.8 Å². The van der Waals surface area contributed by atoms with Gasteiger partial charge in [0.15, 0.2) is 0 Å². The zero-order valence-electron chi connectivity index (χ0n) is 31.7. The van der Waals surface area contributed by atoms with Gasteiger partial charge in [-0.2, -0.15) is 0 Å². The molecule has 0 amide bonds. The number of nitrogens with zero attached hydrogens (tertiary/aromatic N) is 1. The first-order valence-electron chi connectivity index (χ1n) is 18.7. The Morgan fingerprint density at radius 2 is 1.11 bits per heavy atom. The van der Waals surface area contributed by atoms with Crippen LogP contribution in [0.25, 0.3) is 0 Å². The van der Waals surface area contributed by atoms with Gasteiger partial charge >= 0.3 is 0 Å². The number of alkyl halides is 1. The zero-order valence-corrected chi connectivity index (χ0v) is 36.5. The van der Waals surface area contributed by atoms with Gasteiger partial charge < -0.3 is 10.2 Å². The van der Waals surface area contributed by atoms with Crippen molar-refractivity contribution in [1.82, 2.24) is 10.2 Å². The molecule has 0 radical (unpaired) electrons. The van der Waals surface area contributed by atoms with Gasteiger partial charge in [-0.05, 0) is 108 Å². The molecule has 8 nitrogen and oxygen atoms in total. The number of halogens is 3. The Morgan fingerprint density at radius 3 is 1.55 bits per heavy atom. The number of anilines is 2. The van der Waals surface area contributed by atoms with Gasteiger partial charge in [0, 0.05) is 57.2 Å². The topological polar surface area (TPSA) is 108 Å². The van der Waals surface area contributed by atoms with Crippen molar-refractivity contribution in [3.05, 3.63) is 129 Å². The van der Waals surface area contributed by atoms with E-state index < -0.39 is 20.0 Å². The Hall–Kier alpha value is -2.64. The average Bonchev–Trinajstić information content (AvgIpc) is 3.59. The van der Waals surface area contributed by atoms with Gasteiger partial charge in [-0.25, -0.2) is 16.8 Å². The molecule has 2 aliphatic carbocycles. The first-order chi connectivity index (χ1) is 26.0. The Morgan fingerprint density at radius 1 is 0.673 bits per heavy atom. The molecule has 2 saturated heterocycles. The molecular formula is C42H51BrCl2N4O4S2. The minimum absolute atomic E-state index is 0.149. The van der Waals surface area contributed by atoms with Gasteiger partial charge in [0.05, 0.1) is 12.5 Å². The van der Waals surface area contributed by atoms with Crippen LogP contribution in [-0.4, -0.2) is 72.3 Å². The maximum absolute atomic E-state index is 11.5. The maximum atomic E-state index is 11.5. The molecule has 4 atom stereocenters. The van der Waals surface area contributed by atoms with Gasteiger partial charge in [-0.15, -0.1) is 0 Å². The number of benzene rings is 4. The Labute approximate surface area is 346 Å². The molecule has 296 valence electrons. The molecule has 13 heteroatoms. The van der Waals surface area contributed by atoms with Crippen molar-refractivity contribution in [1.29, 1.82) is 0 Å². The molecule has 0 bridgehead atoms. The molecule has 2 heterocycles. The molecule has 2 saturated carbocycles. The van der Waals surface area contributed by atoms with E-state index in [0.717, 1.165) is 60.9 Å². The third-order valence-electron chi connectivity index (χ3n) is 12.0. The van der Waals surface area contributed by atoms with Crippen molar-refractivity contribution in [2.24, 2.45) is 23.7 Å². The quantitative estimate of drug-likeness (QED) is 0.131. The SMILES string of the molecule is CC1(c2cccc(NS(C)(=O)=O)c2)C2CN(CCc3ccccc3Cl)CC21.CC1(c2cccc(NS(C)(=O)=O)c2)C2CNCC21.Clc1ccccc1CCBr. The standard InChI is InChI=1S/C21H25ClN2O2S.C13H18N2O2S.C8H8BrCl/c1-21(16-7-5-8-17(12-16)23-27(2,25)26)18-13-24(14-19(18)21)11-10-15-6-3-4-9-20(15)22;1-13(11-7-14-8-12(11)13)9-4-3-5-10(6-9)15-18(2,16)17;9-6-5-7-3-1-2-4-8(7)10/h3-9,12,18-19,23H,10-11,13-14H2,1-2H3;3-6,11-12,14-15H,7-8H2,1-2H3;1-4H,5-6H2. The molecule has 55 heavy (non-hydrogen) atoms. The first-order valence-corrected chi connectivity index (χ1v) is 24.3. The van der Waals surface area contributed by atoms with E-state index in [0.29, 0.717) is 35.0 Å². The summed E-state index contributed by atoms with van der Waals surface area (Å²) in [6.45, 7) is 9.96. The summed E-state index contributed by atoms with van der Waals surface area (Å²) in [5, 5.41) is 6.07. The third-order valence-corrected chi connectivity index (χ3v) is 14.4. The lowest BCUT2D eigenvalue weighted by Crippen LogP contribution is -2.30. The van der Waals surface area contributed by atoms with E-state index in [-0.39, 0.29) is 10.8 Å². The van der Waals surface area contributed by atoms with Crippen molar-refractivity contribution in [3.63, 3.8) is 0 Å². The van der Waals surface area contributed by atoms with Crippen LogP contribution < -0.4 is 14.8 Å². The fourth-order valence-corrected chi connectivity index (χ4v) is 10.8. The largest absolute Gasteiger partial charge is 0.316 e. The van der Waals surface area contributed by atoms with E-state index in [1.54, 1.807) is 6.07 Å².